The number of pyridine rings is 1. The summed E-state index contributed by atoms with van der Waals surface area (Å²) in [5.41, 5.74) is 5.93. The zero-order valence-corrected chi connectivity index (χ0v) is 19.6. The summed E-state index contributed by atoms with van der Waals surface area (Å²) in [4.78, 5) is 6.85. The van der Waals surface area contributed by atoms with E-state index in [0.717, 1.165) is 69.9 Å². The monoisotopic (exact) mass is 470 g/mol. The van der Waals surface area contributed by atoms with Gasteiger partial charge in [-0.2, -0.15) is 0 Å². The third kappa shape index (κ3) is 3.98. The topological polar surface area (TPSA) is 54.8 Å². The quantitative estimate of drug-likeness (QED) is 0.393. The number of aromatic nitrogens is 1. The zero-order valence-electron chi connectivity index (χ0n) is 19.6. The van der Waals surface area contributed by atoms with E-state index in [-0.39, 0.29) is 24.4 Å². The van der Waals surface area contributed by atoms with Gasteiger partial charge < -0.3 is 14.6 Å². The summed E-state index contributed by atoms with van der Waals surface area (Å²) >= 11 is 0. The van der Waals surface area contributed by atoms with E-state index in [4.69, 9.17) is 9.47 Å². The number of likely N-dealkylation sites (tertiary alicyclic amines) is 1. The number of ether oxygens (including phenoxy) is 2. The van der Waals surface area contributed by atoms with Crippen LogP contribution >= 0.6 is 0 Å². The molecule has 1 aromatic heterocycles. The van der Waals surface area contributed by atoms with Gasteiger partial charge >= 0.3 is 0 Å². The second kappa shape index (κ2) is 8.86. The van der Waals surface area contributed by atoms with Crippen molar-refractivity contribution in [3.8, 4) is 28.4 Å². The highest BCUT2D eigenvalue weighted by Crippen LogP contribution is 2.48. The van der Waals surface area contributed by atoms with Crippen molar-refractivity contribution in [3.63, 3.8) is 0 Å². The Bertz CT molecular complexity index is 1380. The summed E-state index contributed by atoms with van der Waals surface area (Å²) in [6.07, 6.45) is 1.56. The lowest BCUT2D eigenvalue weighted by atomic mass is 9.87. The molecule has 0 saturated carbocycles. The molecule has 0 spiro atoms. The van der Waals surface area contributed by atoms with E-state index in [1.165, 1.54) is 0 Å². The first kappa shape index (κ1) is 21.9. The smallest absolute Gasteiger partial charge is 0.150 e. The number of rotatable bonds is 6. The molecule has 6 rings (SSSR count). The lowest BCUT2D eigenvalue weighted by Gasteiger charge is -2.37. The summed E-state index contributed by atoms with van der Waals surface area (Å²) in [6.45, 7) is 4.84. The summed E-state index contributed by atoms with van der Waals surface area (Å²) in [6, 6.07) is 19.5. The molecule has 5 nitrogen and oxygen atoms in total. The van der Waals surface area contributed by atoms with Crippen molar-refractivity contribution in [2.75, 3.05) is 32.9 Å². The molecular formula is C29H27FN2O3. The molecular weight excluding hydrogens is 443 g/mol. The van der Waals surface area contributed by atoms with Gasteiger partial charge in [-0.15, -0.1) is 0 Å². The molecule has 0 amide bonds. The molecule has 1 atom stereocenters. The van der Waals surface area contributed by atoms with Gasteiger partial charge in [0.05, 0.1) is 12.2 Å². The van der Waals surface area contributed by atoms with Crippen molar-refractivity contribution in [2.45, 2.75) is 13.0 Å². The third-order valence-electron chi connectivity index (χ3n) is 7.00. The van der Waals surface area contributed by atoms with Gasteiger partial charge in [0, 0.05) is 59.9 Å². The molecule has 6 heteroatoms. The maximum Gasteiger partial charge on any atom is 0.150 e. The van der Waals surface area contributed by atoms with Gasteiger partial charge in [0.1, 0.15) is 23.9 Å². The molecule has 1 fully saturated rings. The fourth-order valence-electron chi connectivity index (χ4n) is 5.12. The van der Waals surface area contributed by atoms with Gasteiger partial charge in [-0.05, 0) is 42.3 Å². The highest BCUT2D eigenvalue weighted by molar-refractivity contribution is 5.92. The van der Waals surface area contributed by atoms with Crippen LogP contribution in [0.3, 0.4) is 0 Å². The van der Waals surface area contributed by atoms with Crippen LogP contribution in [0.4, 0.5) is 4.39 Å². The normalized spacial score (nSPS) is 17.4. The van der Waals surface area contributed by atoms with E-state index in [9.17, 15) is 9.50 Å². The fourth-order valence-corrected chi connectivity index (χ4v) is 5.12. The number of aryl methyl sites for hydroxylation is 1. The van der Waals surface area contributed by atoms with Gasteiger partial charge in [-0.1, -0.05) is 30.3 Å². The molecule has 178 valence electrons. The lowest BCUT2D eigenvalue weighted by Crippen LogP contribution is -2.49. The number of benzene rings is 3. The predicted molar refractivity (Wildman–Crippen MR) is 134 cm³/mol. The summed E-state index contributed by atoms with van der Waals surface area (Å²) in [5.74, 6) is 2.05. The van der Waals surface area contributed by atoms with E-state index < -0.39 is 0 Å². The third-order valence-corrected chi connectivity index (χ3v) is 7.00. The molecule has 35 heavy (non-hydrogen) atoms. The Morgan fingerprint density at radius 3 is 2.71 bits per heavy atom. The first-order chi connectivity index (χ1) is 17.1. The van der Waals surface area contributed by atoms with Crippen molar-refractivity contribution >= 4 is 10.9 Å². The Morgan fingerprint density at radius 2 is 1.91 bits per heavy atom. The minimum absolute atomic E-state index is 0.189. The average molecular weight is 471 g/mol. The highest BCUT2D eigenvalue weighted by atomic mass is 19.1. The van der Waals surface area contributed by atoms with Gasteiger partial charge in [-0.25, -0.2) is 0 Å². The van der Waals surface area contributed by atoms with Gasteiger partial charge in [-0.3, -0.25) is 14.3 Å². The molecule has 4 aromatic rings. The minimum atomic E-state index is -0.318. The molecule has 3 heterocycles. The van der Waals surface area contributed by atoms with Crippen molar-refractivity contribution in [3.05, 3.63) is 83.6 Å². The number of halogens is 1. The van der Waals surface area contributed by atoms with E-state index in [1.807, 2.05) is 42.6 Å². The van der Waals surface area contributed by atoms with Crippen LogP contribution in [0.1, 0.15) is 22.8 Å². The maximum absolute atomic E-state index is 12.6. The van der Waals surface area contributed by atoms with E-state index in [1.54, 1.807) is 12.1 Å². The van der Waals surface area contributed by atoms with E-state index in [2.05, 4.69) is 28.9 Å². The summed E-state index contributed by atoms with van der Waals surface area (Å²) in [7, 11) is 0. The van der Waals surface area contributed by atoms with Gasteiger partial charge in [0.2, 0.25) is 0 Å². The Hall–Kier alpha value is -3.64. The van der Waals surface area contributed by atoms with Crippen LogP contribution in [0, 0.1) is 12.8 Å². The number of nitrogens with zero attached hydrogens (tertiary/aromatic N) is 2. The number of aromatic hydroxyl groups is 1. The molecule has 3 aromatic carbocycles. The SMILES string of the molecule is Cc1cccc2c1OC(c1ccc(OCCN3CC(CF)C3)cc1)c1c-2cnc2cc(O)ccc12. The van der Waals surface area contributed by atoms with Gasteiger partial charge in [0.25, 0.3) is 0 Å². The van der Waals surface area contributed by atoms with Crippen LogP contribution < -0.4 is 9.47 Å². The largest absolute Gasteiger partial charge is 0.508 e. The first-order valence-electron chi connectivity index (χ1n) is 12.0. The van der Waals surface area contributed by atoms with Crippen LogP contribution in [0.5, 0.6) is 17.2 Å². The standard InChI is InChI=1S/C29H27FN2O3/c1-18-3-2-4-23-25-15-31-26-13-21(33)7-10-24(26)27(25)29(35-28(18)23)20-5-8-22(9-6-20)34-12-11-32-16-19(14-30)17-32/h2-10,13,15,19,29,33H,11-12,14,16-17H2,1H3. The van der Waals surface area contributed by atoms with Crippen LogP contribution in [0.25, 0.3) is 22.0 Å². The Morgan fingerprint density at radius 1 is 1.09 bits per heavy atom. The summed E-state index contributed by atoms with van der Waals surface area (Å²) in [5, 5.41) is 10.9. The first-order valence-corrected chi connectivity index (χ1v) is 12.0. The van der Waals surface area contributed by atoms with Crippen LogP contribution in [0.2, 0.25) is 0 Å². The molecule has 1 saturated heterocycles. The number of para-hydroxylation sites is 1. The molecule has 0 radical (unpaired) electrons. The highest BCUT2D eigenvalue weighted by Gasteiger charge is 2.31. The van der Waals surface area contributed by atoms with E-state index in [0.29, 0.717) is 6.61 Å². The Labute approximate surface area is 203 Å². The number of phenols is 1. The Balaban J connectivity index is 1.30. The maximum atomic E-state index is 12.6. The molecule has 1 unspecified atom stereocenters. The van der Waals surface area contributed by atoms with Crippen molar-refractivity contribution in [1.29, 1.82) is 0 Å². The minimum Gasteiger partial charge on any atom is -0.508 e. The molecule has 0 bridgehead atoms. The molecule has 2 aliphatic rings. The summed E-state index contributed by atoms with van der Waals surface area (Å²) < 4.78 is 25.2. The molecule has 2 aliphatic heterocycles. The van der Waals surface area contributed by atoms with Crippen molar-refractivity contribution < 1.29 is 19.0 Å². The zero-order chi connectivity index (χ0) is 23.9. The second-order valence-corrected chi connectivity index (χ2v) is 9.43. The Kier molecular flexibility index (Phi) is 5.53. The fraction of sp³-hybridized carbons (Fsp3) is 0.276. The number of hydrogen-bond donors (Lipinski definition) is 1. The van der Waals surface area contributed by atoms with Crippen molar-refractivity contribution in [1.82, 2.24) is 9.88 Å². The van der Waals surface area contributed by atoms with E-state index >= 15 is 0 Å². The van der Waals surface area contributed by atoms with Gasteiger partial charge in [0.15, 0.2) is 6.10 Å². The van der Waals surface area contributed by atoms with Crippen molar-refractivity contribution in [2.24, 2.45) is 5.92 Å². The lowest BCUT2D eigenvalue weighted by molar-refractivity contribution is 0.0668. The second-order valence-electron chi connectivity index (χ2n) is 9.43. The van der Waals surface area contributed by atoms with Crippen LogP contribution in [-0.4, -0.2) is 47.9 Å². The molecule has 0 aliphatic carbocycles. The number of alkyl halides is 1. The van der Waals surface area contributed by atoms with Crippen LogP contribution in [-0.2, 0) is 0 Å². The predicted octanol–water partition coefficient (Wildman–Crippen LogP) is 5.68. The molecule has 1 N–H and O–H groups in total. The van der Waals surface area contributed by atoms with Crippen LogP contribution in [0.15, 0.2) is 66.9 Å². The number of phenolic OH excluding ortho intramolecular Hbond substituents is 1. The number of fused-ring (bicyclic) bond motifs is 5. The number of hydrogen-bond acceptors (Lipinski definition) is 5. The average Bonchev–Trinajstić information content (AvgIpc) is 2.85.